The minimum atomic E-state index is -4.22. The second-order valence-corrected chi connectivity index (χ2v) is 6.23. The second kappa shape index (κ2) is 6.29. The van der Waals surface area contributed by atoms with Gasteiger partial charge in [-0.3, -0.25) is 0 Å². The number of rotatable bonds is 5. The van der Waals surface area contributed by atoms with Crippen LogP contribution >= 0.6 is 11.8 Å². The molecule has 0 aliphatic carbocycles. The van der Waals surface area contributed by atoms with E-state index in [1.54, 1.807) is 0 Å². The van der Waals surface area contributed by atoms with Crippen LogP contribution in [0.3, 0.4) is 0 Å². The maximum absolute atomic E-state index is 11.8. The number of nitrogens with one attached hydrogen (secondary N) is 1. The molecule has 0 amide bonds. The van der Waals surface area contributed by atoms with Gasteiger partial charge in [0.1, 0.15) is 6.61 Å². The summed E-state index contributed by atoms with van der Waals surface area (Å²) in [6, 6.07) is 0.387. The first-order valence-corrected chi connectivity index (χ1v) is 6.90. The summed E-state index contributed by atoms with van der Waals surface area (Å²) in [4.78, 5) is 0. The fourth-order valence-electron chi connectivity index (χ4n) is 1.92. The zero-order valence-electron chi connectivity index (χ0n) is 10.3. The highest BCUT2D eigenvalue weighted by Crippen LogP contribution is 2.33. The van der Waals surface area contributed by atoms with Gasteiger partial charge in [-0.2, -0.15) is 24.9 Å². The highest BCUT2D eigenvalue weighted by molar-refractivity contribution is 7.99. The molecule has 0 aromatic heterocycles. The van der Waals surface area contributed by atoms with Crippen molar-refractivity contribution >= 4 is 11.8 Å². The highest BCUT2D eigenvalue weighted by Gasteiger charge is 2.29. The molecule has 1 fully saturated rings. The van der Waals surface area contributed by atoms with Gasteiger partial charge in [0.05, 0.1) is 6.61 Å². The molecule has 1 N–H and O–H groups in total. The van der Waals surface area contributed by atoms with Crippen LogP contribution in [0.1, 0.15) is 20.3 Å². The summed E-state index contributed by atoms with van der Waals surface area (Å²) in [6.45, 7) is 3.88. The standard InChI is InChI=1S/C11H20F3NOS/c1-10(2)5-9(6-17-8-10)15-3-4-16-7-11(12,13)14/h9,15H,3-8H2,1-2H3. The number of hydrogen-bond donors (Lipinski definition) is 1. The van der Waals surface area contributed by atoms with Crippen molar-refractivity contribution in [1.29, 1.82) is 0 Å². The Hall–Kier alpha value is 0.0600. The molecule has 2 nitrogen and oxygen atoms in total. The Morgan fingerprint density at radius 2 is 2.12 bits per heavy atom. The van der Waals surface area contributed by atoms with E-state index >= 15 is 0 Å². The molecule has 6 heteroatoms. The third-order valence-corrected chi connectivity index (χ3v) is 4.18. The normalized spacial score (nSPS) is 24.9. The second-order valence-electron chi connectivity index (χ2n) is 5.20. The summed E-state index contributed by atoms with van der Waals surface area (Å²) in [5.74, 6) is 2.18. The van der Waals surface area contributed by atoms with Gasteiger partial charge in [0.25, 0.3) is 0 Å². The molecule has 0 bridgehead atoms. The van der Waals surface area contributed by atoms with Crippen LogP contribution in [0.2, 0.25) is 0 Å². The molecule has 0 radical (unpaired) electrons. The summed E-state index contributed by atoms with van der Waals surface area (Å²) in [6.07, 6.45) is -3.15. The van der Waals surface area contributed by atoms with E-state index in [2.05, 4.69) is 23.9 Å². The van der Waals surface area contributed by atoms with E-state index in [1.165, 1.54) is 0 Å². The van der Waals surface area contributed by atoms with Gasteiger partial charge >= 0.3 is 6.18 Å². The van der Waals surface area contributed by atoms with Crippen molar-refractivity contribution in [2.75, 3.05) is 31.3 Å². The van der Waals surface area contributed by atoms with Gasteiger partial charge < -0.3 is 10.1 Å². The van der Waals surface area contributed by atoms with E-state index in [0.717, 1.165) is 17.9 Å². The van der Waals surface area contributed by atoms with E-state index in [1.807, 2.05) is 11.8 Å². The van der Waals surface area contributed by atoms with E-state index in [0.29, 0.717) is 18.0 Å². The number of halogens is 3. The van der Waals surface area contributed by atoms with Crippen LogP contribution in [0.5, 0.6) is 0 Å². The maximum Gasteiger partial charge on any atom is 0.411 e. The van der Waals surface area contributed by atoms with E-state index < -0.39 is 12.8 Å². The summed E-state index contributed by atoms with van der Waals surface area (Å²) < 4.78 is 39.9. The number of alkyl halides is 3. The maximum atomic E-state index is 11.8. The topological polar surface area (TPSA) is 21.3 Å². The molecule has 0 aromatic carbocycles. The molecule has 1 rings (SSSR count). The molecule has 1 aliphatic rings. The van der Waals surface area contributed by atoms with Crippen LogP contribution in [0, 0.1) is 5.41 Å². The molecule has 102 valence electrons. The van der Waals surface area contributed by atoms with Gasteiger partial charge in [-0.25, -0.2) is 0 Å². The molecule has 1 heterocycles. The van der Waals surface area contributed by atoms with Gasteiger partial charge in [0.15, 0.2) is 0 Å². The number of hydrogen-bond acceptors (Lipinski definition) is 3. The van der Waals surface area contributed by atoms with Crippen LogP contribution in [-0.4, -0.2) is 43.5 Å². The first kappa shape index (κ1) is 15.1. The molecule has 1 atom stereocenters. The number of ether oxygens (including phenoxy) is 1. The predicted molar refractivity (Wildman–Crippen MR) is 64.4 cm³/mol. The largest absolute Gasteiger partial charge is 0.411 e. The Kier molecular flexibility index (Phi) is 5.60. The minimum absolute atomic E-state index is 0.112. The molecule has 0 spiro atoms. The summed E-state index contributed by atoms with van der Waals surface area (Å²) in [5.41, 5.74) is 0.313. The van der Waals surface area contributed by atoms with Crippen LogP contribution in [0.4, 0.5) is 13.2 Å². The predicted octanol–water partition coefficient (Wildman–Crippen LogP) is 2.69. The quantitative estimate of drug-likeness (QED) is 0.777. The SMILES string of the molecule is CC1(C)CSCC(NCCOCC(F)(F)F)C1. The van der Waals surface area contributed by atoms with Crippen LogP contribution in [0.15, 0.2) is 0 Å². The van der Waals surface area contributed by atoms with Crippen molar-refractivity contribution in [2.24, 2.45) is 5.41 Å². The average Bonchev–Trinajstić information content (AvgIpc) is 2.13. The summed E-state index contributed by atoms with van der Waals surface area (Å²) in [5, 5.41) is 3.25. The Bertz CT molecular complexity index is 233. The fraction of sp³-hybridized carbons (Fsp3) is 1.00. The van der Waals surface area contributed by atoms with Crippen molar-refractivity contribution < 1.29 is 17.9 Å². The van der Waals surface area contributed by atoms with E-state index in [9.17, 15) is 13.2 Å². The zero-order chi connectivity index (χ0) is 12.9. The average molecular weight is 271 g/mol. The lowest BCUT2D eigenvalue weighted by atomic mass is 9.88. The van der Waals surface area contributed by atoms with Crippen LogP contribution < -0.4 is 5.32 Å². The van der Waals surface area contributed by atoms with Gasteiger partial charge in [-0.05, 0) is 17.6 Å². The van der Waals surface area contributed by atoms with Gasteiger partial charge in [-0.15, -0.1) is 0 Å². The van der Waals surface area contributed by atoms with Crippen molar-refractivity contribution in [3.05, 3.63) is 0 Å². The van der Waals surface area contributed by atoms with Crippen molar-refractivity contribution in [3.8, 4) is 0 Å². The lowest BCUT2D eigenvalue weighted by Crippen LogP contribution is -2.41. The zero-order valence-corrected chi connectivity index (χ0v) is 11.1. The first-order valence-electron chi connectivity index (χ1n) is 5.74. The van der Waals surface area contributed by atoms with Gasteiger partial charge in [0, 0.05) is 18.3 Å². The lowest BCUT2D eigenvalue weighted by molar-refractivity contribution is -0.173. The number of thioether (sulfide) groups is 1. The third kappa shape index (κ3) is 7.16. The summed E-state index contributed by atoms with van der Waals surface area (Å²) in [7, 11) is 0. The lowest BCUT2D eigenvalue weighted by Gasteiger charge is -2.35. The highest BCUT2D eigenvalue weighted by atomic mass is 32.2. The van der Waals surface area contributed by atoms with Crippen LogP contribution in [-0.2, 0) is 4.74 Å². The fourth-order valence-corrected chi connectivity index (χ4v) is 3.23. The molecular formula is C11H20F3NOS. The Morgan fingerprint density at radius 1 is 1.41 bits per heavy atom. The molecule has 1 saturated heterocycles. The molecule has 17 heavy (non-hydrogen) atoms. The van der Waals surface area contributed by atoms with Gasteiger partial charge in [-0.1, -0.05) is 13.8 Å². The molecule has 0 aromatic rings. The smallest absolute Gasteiger partial charge is 0.371 e. The van der Waals surface area contributed by atoms with E-state index in [-0.39, 0.29) is 6.61 Å². The van der Waals surface area contributed by atoms with Gasteiger partial charge in [0.2, 0.25) is 0 Å². The molecule has 0 saturated carbocycles. The van der Waals surface area contributed by atoms with Crippen LogP contribution in [0.25, 0.3) is 0 Å². The minimum Gasteiger partial charge on any atom is -0.371 e. The molecule has 1 unspecified atom stereocenters. The van der Waals surface area contributed by atoms with E-state index in [4.69, 9.17) is 0 Å². The Labute approximate surface area is 105 Å². The summed E-state index contributed by atoms with van der Waals surface area (Å²) >= 11 is 1.89. The Balaban J connectivity index is 2.07. The van der Waals surface area contributed by atoms with Crippen molar-refractivity contribution in [1.82, 2.24) is 5.32 Å². The third-order valence-electron chi connectivity index (χ3n) is 2.56. The first-order chi connectivity index (χ1) is 7.79. The van der Waals surface area contributed by atoms with Crippen molar-refractivity contribution in [2.45, 2.75) is 32.5 Å². The Morgan fingerprint density at radius 3 is 2.71 bits per heavy atom. The molecular weight excluding hydrogens is 251 g/mol. The van der Waals surface area contributed by atoms with Crippen molar-refractivity contribution in [3.63, 3.8) is 0 Å². The monoisotopic (exact) mass is 271 g/mol. The molecule has 1 aliphatic heterocycles.